The van der Waals surface area contributed by atoms with Crippen molar-refractivity contribution in [2.75, 3.05) is 14.1 Å². The molecule has 4 aromatic carbocycles. The first-order chi connectivity index (χ1) is 25.8. The van der Waals surface area contributed by atoms with Crippen molar-refractivity contribution in [3.8, 4) is 11.5 Å². The molecular formula is C40H42BF4N6O4. The number of alkyl halides is 4. The molecule has 287 valence electrons. The Kier molecular flexibility index (Phi) is 13.3. The number of carbonyl (C=O) groups excluding carboxylic acids is 2. The van der Waals surface area contributed by atoms with Crippen LogP contribution >= 0.6 is 0 Å². The number of ether oxygens (including phenoxy) is 2. The van der Waals surface area contributed by atoms with E-state index < -0.39 is 24.3 Å². The van der Waals surface area contributed by atoms with Gasteiger partial charge in [-0.15, -0.1) is 0 Å². The molecule has 4 aromatic rings. The number of nitrogens with two attached hydrogens (primary N) is 2. The van der Waals surface area contributed by atoms with Crippen molar-refractivity contribution < 1.29 is 36.6 Å². The average Bonchev–Trinajstić information content (AvgIpc) is 3.52. The van der Waals surface area contributed by atoms with Gasteiger partial charge in [-0.1, -0.05) is 99.5 Å². The fraction of sp³-hybridized carbons (Fsp3) is 0.300. The Hall–Kier alpha value is -5.86. The number of hydrogen-bond donors (Lipinski definition) is 2. The molecular weight excluding hydrogens is 715 g/mol. The van der Waals surface area contributed by atoms with Gasteiger partial charge in [-0.25, -0.2) is 9.98 Å². The van der Waals surface area contributed by atoms with Gasteiger partial charge in [-0.2, -0.15) is 17.6 Å². The van der Waals surface area contributed by atoms with Crippen LogP contribution in [0, 0.1) is 0 Å². The van der Waals surface area contributed by atoms with E-state index in [0.717, 1.165) is 36.8 Å². The number of hydrogen-bond acceptors (Lipinski definition) is 8. The van der Waals surface area contributed by atoms with E-state index in [1.807, 2.05) is 48.5 Å². The minimum atomic E-state index is -2.91. The van der Waals surface area contributed by atoms with Crippen molar-refractivity contribution in [2.24, 2.45) is 21.5 Å². The van der Waals surface area contributed by atoms with Crippen molar-refractivity contribution in [2.45, 2.75) is 63.8 Å². The fourth-order valence-electron chi connectivity index (χ4n) is 6.60. The van der Waals surface area contributed by atoms with Crippen molar-refractivity contribution >= 4 is 32.1 Å². The second-order valence-corrected chi connectivity index (χ2v) is 12.8. The largest absolute Gasteiger partial charge is 0.435 e. The normalized spacial score (nSPS) is 19.2. The lowest BCUT2D eigenvalue weighted by Crippen LogP contribution is -2.41. The highest BCUT2D eigenvalue weighted by molar-refractivity contribution is 6.09. The molecule has 0 saturated carbocycles. The van der Waals surface area contributed by atoms with Crippen molar-refractivity contribution in [1.82, 2.24) is 9.80 Å². The second kappa shape index (κ2) is 17.5. The van der Waals surface area contributed by atoms with Crippen molar-refractivity contribution in [1.29, 1.82) is 0 Å². The maximum absolute atomic E-state index is 13.2. The Morgan fingerprint density at radius 2 is 0.945 bits per heavy atom. The standard InChI is InChI=1S/2C20H21F2N3O2.B/c2*1-3-5-13-6-4-7-15(12-13)20(17(26)25(2)19(23)24-20)14-8-10-16(11-9-14)27-18(21)22;/h2*4,6-12,18H,3,5H2,1-2H3,(H2,23,24);/t2*20-;/m10./s1. The molecule has 0 saturated heterocycles. The minimum Gasteiger partial charge on any atom is -0.435 e. The number of aryl methyl sites for hydroxylation is 2. The molecule has 2 aliphatic rings. The molecule has 0 unspecified atom stereocenters. The van der Waals surface area contributed by atoms with Crippen LogP contribution in [-0.4, -0.2) is 69.3 Å². The number of rotatable bonds is 12. The SMILES string of the molecule is CCCc1cccc([C@@]2(c3ccc(OC(F)F)cc3)N=C(N)N(C)C2=O)c1.CCCc1cccc([C@]2(c3ccc(OC(F)F)cc3)N=C(N)N(C)C2=O)c1.[B]. The summed E-state index contributed by atoms with van der Waals surface area (Å²) < 4.78 is 58.5. The zero-order valence-corrected chi connectivity index (χ0v) is 30.9. The van der Waals surface area contributed by atoms with E-state index in [0.29, 0.717) is 22.3 Å². The van der Waals surface area contributed by atoms with Crippen LogP contribution in [0.5, 0.6) is 11.5 Å². The summed E-state index contributed by atoms with van der Waals surface area (Å²) in [6, 6.07) is 27.2. The highest BCUT2D eigenvalue weighted by atomic mass is 19.3. The highest BCUT2D eigenvalue weighted by Gasteiger charge is 2.50. The van der Waals surface area contributed by atoms with Crippen molar-refractivity contribution in [3.05, 3.63) is 130 Å². The summed E-state index contributed by atoms with van der Waals surface area (Å²) in [7, 11) is 3.13. The third kappa shape index (κ3) is 8.45. The number of nitrogens with zero attached hydrogens (tertiary/aromatic N) is 4. The van der Waals surface area contributed by atoms with Crippen LogP contribution in [0.4, 0.5) is 17.6 Å². The van der Waals surface area contributed by atoms with Gasteiger partial charge in [0.1, 0.15) is 11.5 Å². The molecule has 0 bridgehead atoms. The maximum Gasteiger partial charge on any atom is 0.387 e. The lowest BCUT2D eigenvalue weighted by Gasteiger charge is -2.26. The van der Waals surface area contributed by atoms with Crippen LogP contribution in [0.15, 0.2) is 107 Å². The van der Waals surface area contributed by atoms with Gasteiger partial charge in [-0.05, 0) is 70.5 Å². The third-order valence-corrected chi connectivity index (χ3v) is 9.24. The molecule has 0 spiro atoms. The van der Waals surface area contributed by atoms with E-state index in [1.165, 1.54) is 34.1 Å². The van der Waals surface area contributed by atoms with Gasteiger partial charge in [0, 0.05) is 22.5 Å². The smallest absolute Gasteiger partial charge is 0.387 e. The first kappa shape index (κ1) is 41.9. The van der Waals surface area contributed by atoms with Gasteiger partial charge >= 0.3 is 13.2 Å². The van der Waals surface area contributed by atoms with E-state index in [9.17, 15) is 27.2 Å². The molecule has 15 heteroatoms. The van der Waals surface area contributed by atoms with Gasteiger partial charge in [0.15, 0.2) is 23.0 Å². The van der Waals surface area contributed by atoms with Gasteiger partial charge in [0.05, 0.1) is 0 Å². The number of halogens is 4. The van der Waals surface area contributed by atoms with Crippen LogP contribution < -0.4 is 20.9 Å². The van der Waals surface area contributed by atoms with Crippen LogP contribution in [0.2, 0.25) is 0 Å². The van der Waals surface area contributed by atoms with Crippen LogP contribution in [0.3, 0.4) is 0 Å². The molecule has 6 rings (SSSR count). The highest BCUT2D eigenvalue weighted by Crippen LogP contribution is 2.41. The Morgan fingerprint density at radius 3 is 1.22 bits per heavy atom. The molecule has 0 aliphatic carbocycles. The first-order valence-corrected chi connectivity index (χ1v) is 17.3. The number of aliphatic imine (C=N–C) groups is 2. The Labute approximate surface area is 319 Å². The number of benzene rings is 4. The zero-order chi connectivity index (χ0) is 39.2. The second-order valence-electron chi connectivity index (χ2n) is 12.8. The predicted molar refractivity (Wildman–Crippen MR) is 203 cm³/mol. The quantitative estimate of drug-likeness (QED) is 0.131. The summed E-state index contributed by atoms with van der Waals surface area (Å²) in [5, 5.41) is 0. The molecule has 2 aliphatic heterocycles. The lowest BCUT2D eigenvalue weighted by atomic mass is 9.82. The predicted octanol–water partition coefficient (Wildman–Crippen LogP) is 6.16. The van der Waals surface area contributed by atoms with E-state index in [2.05, 4.69) is 33.3 Å². The van der Waals surface area contributed by atoms with Gasteiger partial charge in [-0.3, -0.25) is 19.4 Å². The summed E-state index contributed by atoms with van der Waals surface area (Å²) in [5.74, 6) is -0.353. The summed E-state index contributed by atoms with van der Waals surface area (Å²) in [5.41, 5.74) is 13.8. The number of carbonyl (C=O) groups is 2. The van der Waals surface area contributed by atoms with E-state index in [1.54, 1.807) is 38.4 Å². The number of guanidine groups is 2. The summed E-state index contributed by atoms with van der Waals surface area (Å²) >= 11 is 0. The maximum atomic E-state index is 13.2. The molecule has 3 radical (unpaired) electrons. The molecule has 55 heavy (non-hydrogen) atoms. The van der Waals surface area contributed by atoms with Crippen LogP contribution in [0.25, 0.3) is 0 Å². The molecule has 0 fully saturated rings. The van der Waals surface area contributed by atoms with Crippen LogP contribution in [-0.2, 0) is 33.5 Å². The number of amides is 2. The lowest BCUT2D eigenvalue weighted by molar-refractivity contribution is -0.130. The summed E-state index contributed by atoms with van der Waals surface area (Å²) in [6.07, 6.45) is 3.67. The zero-order valence-electron chi connectivity index (χ0n) is 30.9. The van der Waals surface area contributed by atoms with E-state index in [-0.39, 0.29) is 43.6 Å². The topological polar surface area (TPSA) is 136 Å². The summed E-state index contributed by atoms with van der Waals surface area (Å²) in [4.78, 5) is 37.9. The Bertz CT molecular complexity index is 1890. The molecule has 4 N–H and O–H groups in total. The molecule has 10 nitrogen and oxygen atoms in total. The fourth-order valence-corrected chi connectivity index (χ4v) is 6.60. The van der Waals surface area contributed by atoms with Gasteiger partial charge in [0.2, 0.25) is 0 Å². The van der Waals surface area contributed by atoms with E-state index >= 15 is 0 Å². The molecule has 2 heterocycles. The Balaban J connectivity index is 0.000000240. The Morgan fingerprint density at radius 1 is 0.600 bits per heavy atom. The number of likely N-dealkylation sites (N-methyl/N-ethyl adjacent to an activating group) is 2. The van der Waals surface area contributed by atoms with Gasteiger partial charge in [0.25, 0.3) is 11.8 Å². The molecule has 0 aromatic heterocycles. The van der Waals surface area contributed by atoms with Crippen LogP contribution in [0.1, 0.15) is 60.1 Å². The monoisotopic (exact) mass is 757 g/mol. The van der Waals surface area contributed by atoms with Gasteiger partial charge < -0.3 is 20.9 Å². The third-order valence-electron chi connectivity index (χ3n) is 9.24. The average molecular weight is 758 g/mol. The first-order valence-electron chi connectivity index (χ1n) is 17.3. The molecule has 2 amide bonds. The van der Waals surface area contributed by atoms with Crippen molar-refractivity contribution in [3.63, 3.8) is 0 Å². The summed E-state index contributed by atoms with van der Waals surface area (Å²) in [6.45, 7) is -1.67. The van der Waals surface area contributed by atoms with E-state index in [4.69, 9.17) is 11.5 Å². The molecule has 2 atom stereocenters. The minimum absolute atomic E-state index is 0.